The van der Waals surface area contributed by atoms with E-state index in [1.54, 1.807) is 0 Å². The van der Waals surface area contributed by atoms with Crippen molar-refractivity contribution in [1.29, 1.82) is 0 Å². The van der Waals surface area contributed by atoms with Gasteiger partial charge in [-0.1, -0.05) is 18.2 Å². The van der Waals surface area contributed by atoms with Gasteiger partial charge in [-0.15, -0.1) is 0 Å². The van der Waals surface area contributed by atoms with Gasteiger partial charge in [-0.2, -0.15) is 0 Å². The van der Waals surface area contributed by atoms with Crippen LogP contribution in [0.15, 0.2) is 30.3 Å². The van der Waals surface area contributed by atoms with Gasteiger partial charge in [0.05, 0.1) is 26.7 Å². The fraction of sp³-hybridized carbons (Fsp3) is 0.647. The lowest BCUT2D eigenvalue weighted by molar-refractivity contribution is -0.944. The Kier molecular flexibility index (Phi) is 4.27. The third-order valence-electron chi connectivity index (χ3n) is 4.87. The minimum Gasteiger partial charge on any atom is -0.458 e. The van der Waals surface area contributed by atoms with Crippen molar-refractivity contribution in [3.8, 4) is 5.75 Å². The molecule has 1 aromatic carbocycles. The van der Waals surface area contributed by atoms with Gasteiger partial charge in [0.25, 0.3) is 6.29 Å². The highest BCUT2D eigenvalue weighted by Gasteiger charge is 2.43. The molecule has 2 fully saturated rings. The lowest BCUT2D eigenvalue weighted by atomic mass is 9.99. The zero-order valence-corrected chi connectivity index (χ0v) is 12.5. The van der Waals surface area contributed by atoms with Gasteiger partial charge in [0, 0.05) is 6.42 Å². The summed E-state index contributed by atoms with van der Waals surface area (Å²) in [5.74, 6) is 0.924. The summed E-state index contributed by atoms with van der Waals surface area (Å²) in [5.41, 5.74) is 0. The molecule has 0 saturated carbocycles. The minimum atomic E-state index is -0.0887. The van der Waals surface area contributed by atoms with E-state index in [1.165, 1.54) is 38.8 Å². The maximum atomic E-state index is 6.15. The van der Waals surface area contributed by atoms with Gasteiger partial charge >= 0.3 is 0 Å². The molecule has 0 spiro atoms. The first-order chi connectivity index (χ1) is 9.78. The fourth-order valence-corrected chi connectivity index (χ4v) is 3.66. The maximum Gasteiger partial charge on any atom is 0.252 e. The number of quaternary nitrogens is 1. The van der Waals surface area contributed by atoms with Gasteiger partial charge in [-0.05, 0) is 37.8 Å². The summed E-state index contributed by atoms with van der Waals surface area (Å²) in [5, 5.41) is 0. The zero-order chi connectivity index (χ0) is 13.8. The van der Waals surface area contributed by atoms with E-state index in [4.69, 9.17) is 9.47 Å². The molecule has 0 unspecified atom stereocenters. The molecule has 2 heterocycles. The molecule has 3 nitrogen and oxygen atoms in total. The van der Waals surface area contributed by atoms with Crippen LogP contribution in [-0.4, -0.2) is 43.6 Å². The second-order valence-electron chi connectivity index (χ2n) is 6.37. The topological polar surface area (TPSA) is 18.5 Å². The molecule has 2 aliphatic heterocycles. The first-order valence-electron chi connectivity index (χ1n) is 7.95. The van der Waals surface area contributed by atoms with Crippen LogP contribution in [0.5, 0.6) is 5.75 Å². The highest BCUT2D eigenvalue weighted by molar-refractivity contribution is 5.21. The minimum absolute atomic E-state index is 0.0887. The van der Waals surface area contributed by atoms with E-state index in [2.05, 4.69) is 7.05 Å². The number of hydrogen-bond acceptors (Lipinski definition) is 2. The van der Waals surface area contributed by atoms with Crippen molar-refractivity contribution in [3.05, 3.63) is 30.3 Å². The largest absolute Gasteiger partial charge is 0.458 e. The molecule has 0 bridgehead atoms. The Morgan fingerprint density at radius 2 is 1.80 bits per heavy atom. The molecule has 2 atom stereocenters. The van der Waals surface area contributed by atoms with Crippen LogP contribution in [0.3, 0.4) is 0 Å². The van der Waals surface area contributed by atoms with Gasteiger partial charge in [0.1, 0.15) is 5.75 Å². The normalized spacial score (nSPS) is 29.9. The number of likely N-dealkylation sites (tertiary alicyclic amines) is 1. The Labute approximate surface area is 122 Å². The highest BCUT2D eigenvalue weighted by Crippen LogP contribution is 2.30. The quantitative estimate of drug-likeness (QED) is 0.789. The van der Waals surface area contributed by atoms with Crippen LogP contribution in [0.2, 0.25) is 0 Å². The van der Waals surface area contributed by atoms with Gasteiger partial charge in [-0.25, -0.2) is 0 Å². The molecule has 2 saturated heterocycles. The standard InChI is InChI=1S/C17H26NO2/c1-18(12-6-3-7-13-18)16-11-8-14-19-17(16)20-15-9-4-2-5-10-15/h2,4-5,9-10,16-17H,3,6-8,11-14H2,1H3/q+1/t16-,17-/m0/s1. The second-order valence-corrected chi connectivity index (χ2v) is 6.37. The van der Waals surface area contributed by atoms with E-state index in [1.807, 2.05) is 30.3 Å². The first-order valence-corrected chi connectivity index (χ1v) is 7.95. The predicted octanol–water partition coefficient (Wildman–Crippen LogP) is 3.20. The number of para-hydroxylation sites is 1. The van der Waals surface area contributed by atoms with Crippen LogP contribution in [0.4, 0.5) is 0 Å². The lowest BCUT2D eigenvalue weighted by Gasteiger charge is -2.47. The molecule has 0 N–H and O–H groups in total. The average Bonchev–Trinajstić information content (AvgIpc) is 2.49. The van der Waals surface area contributed by atoms with E-state index >= 15 is 0 Å². The number of nitrogens with zero attached hydrogens (tertiary/aromatic N) is 1. The molecule has 0 aromatic heterocycles. The average molecular weight is 276 g/mol. The first kappa shape index (κ1) is 13.9. The highest BCUT2D eigenvalue weighted by atomic mass is 16.7. The van der Waals surface area contributed by atoms with Crippen molar-refractivity contribution in [2.45, 2.75) is 44.4 Å². The second kappa shape index (κ2) is 6.15. The molecule has 3 heteroatoms. The molecular formula is C17H26NO2+. The van der Waals surface area contributed by atoms with E-state index in [-0.39, 0.29) is 6.29 Å². The molecule has 110 valence electrons. The molecule has 0 amide bonds. The van der Waals surface area contributed by atoms with Crippen LogP contribution < -0.4 is 4.74 Å². The summed E-state index contributed by atoms with van der Waals surface area (Å²) < 4.78 is 13.2. The molecule has 2 aliphatic rings. The van der Waals surface area contributed by atoms with Crippen LogP contribution in [0.1, 0.15) is 32.1 Å². The van der Waals surface area contributed by atoms with Crippen LogP contribution in [0.25, 0.3) is 0 Å². The summed E-state index contributed by atoms with van der Waals surface area (Å²) in [7, 11) is 2.39. The Bertz CT molecular complexity index is 414. The molecular weight excluding hydrogens is 250 g/mol. The van der Waals surface area contributed by atoms with E-state index in [0.717, 1.165) is 23.3 Å². The van der Waals surface area contributed by atoms with E-state index < -0.39 is 0 Å². The monoisotopic (exact) mass is 276 g/mol. The van der Waals surface area contributed by atoms with Crippen molar-refractivity contribution in [3.63, 3.8) is 0 Å². The summed E-state index contributed by atoms with van der Waals surface area (Å²) in [6, 6.07) is 10.6. The summed E-state index contributed by atoms with van der Waals surface area (Å²) >= 11 is 0. The van der Waals surface area contributed by atoms with Crippen molar-refractivity contribution in [1.82, 2.24) is 0 Å². The van der Waals surface area contributed by atoms with Gasteiger partial charge in [0.15, 0.2) is 6.04 Å². The Hall–Kier alpha value is -1.06. The Morgan fingerprint density at radius 1 is 1.05 bits per heavy atom. The number of benzene rings is 1. The number of ether oxygens (including phenoxy) is 2. The molecule has 3 rings (SSSR count). The van der Waals surface area contributed by atoms with Gasteiger partial charge < -0.3 is 14.0 Å². The number of piperidine rings is 1. The van der Waals surface area contributed by atoms with Crippen LogP contribution in [0, 0.1) is 0 Å². The molecule has 0 aliphatic carbocycles. The Balaban J connectivity index is 1.73. The third kappa shape index (κ3) is 2.99. The van der Waals surface area contributed by atoms with Crippen molar-refractivity contribution >= 4 is 0 Å². The number of rotatable bonds is 3. The number of likely N-dealkylation sites (N-methyl/N-ethyl adjacent to an activating group) is 1. The molecule has 0 radical (unpaired) electrons. The molecule has 20 heavy (non-hydrogen) atoms. The zero-order valence-electron chi connectivity index (χ0n) is 12.5. The maximum absolute atomic E-state index is 6.15. The smallest absolute Gasteiger partial charge is 0.252 e. The summed E-state index contributed by atoms with van der Waals surface area (Å²) in [6.07, 6.45) is 6.34. The molecule has 1 aromatic rings. The van der Waals surface area contributed by atoms with Gasteiger partial charge in [-0.3, -0.25) is 0 Å². The predicted molar refractivity (Wildman–Crippen MR) is 79.6 cm³/mol. The fourth-order valence-electron chi connectivity index (χ4n) is 3.66. The van der Waals surface area contributed by atoms with E-state index in [0.29, 0.717) is 6.04 Å². The summed E-state index contributed by atoms with van der Waals surface area (Å²) in [6.45, 7) is 3.36. The summed E-state index contributed by atoms with van der Waals surface area (Å²) in [4.78, 5) is 0. The van der Waals surface area contributed by atoms with Crippen LogP contribution in [-0.2, 0) is 4.74 Å². The SMILES string of the molecule is C[N+]1([C@H]2CCCO[C@H]2Oc2ccccc2)CCCCC1. The lowest BCUT2D eigenvalue weighted by Crippen LogP contribution is -2.62. The third-order valence-corrected chi connectivity index (χ3v) is 4.87. The van der Waals surface area contributed by atoms with Crippen molar-refractivity contribution in [2.24, 2.45) is 0 Å². The van der Waals surface area contributed by atoms with E-state index in [9.17, 15) is 0 Å². The van der Waals surface area contributed by atoms with Gasteiger partial charge in [0.2, 0.25) is 0 Å². The number of hydrogen-bond donors (Lipinski definition) is 0. The van der Waals surface area contributed by atoms with Crippen LogP contribution >= 0.6 is 0 Å². The van der Waals surface area contributed by atoms with Crippen molar-refractivity contribution < 1.29 is 14.0 Å². The van der Waals surface area contributed by atoms with Crippen molar-refractivity contribution in [2.75, 3.05) is 26.7 Å². The Morgan fingerprint density at radius 3 is 2.55 bits per heavy atom.